The van der Waals surface area contributed by atoms with Gasteiger partial charge in [0.1, 0.15) is 0 Å². The van der Waals surface area contributed by atoms with Crippen molar-refractivity contribution in [2.24, 2.45) is 10.9 Å². The van der Waals surface area contributed by atoms with E-state index in [0.29, 0.717) is 12.0 Å². The molecule has 1 unspecified atom stereocenters. The zero-order chi connectivity index (χ0) is 16.2. The van der Waals surface area contributed by atoms with E-state index in [0.717, 1.165) is 51.8 Å². The van der Waals surface area contributed by atoms with Crippen LogP contribution in [-0.4, -0.2) is 62.8 Å². The van der Waals surface area contributed by atoms with Crippen LogP contribution < -0.4 is 10.6 Å². The SMILES string of the molecule is CCNC(=NCC1CCCN1CC)NCCCOCC(C)C.I. The largest absolute Gasteiger partial charge is 0.381 e. The van der Waals surface area contributed by atoms with Gasteiger partial charge in [-0.25, -0.2) is 0 Å². The molecule has 0 aromatic rings. The molecule has 2 N–H and O–H groups in total. The van der Waals surface area contributed by atoms with Gasteiger partial charge in [-0.15, -0.1) is 24.0 Å². The summed E-state index contributed by atoms with van der Waals surface area (Å²) in [6, 6.07) is 0.620. The first kappa shape index (κ1) is 22.9. The summed E-state index contributed by atoms with van der Waals surface area (Å²) in [6.07, 6.45) is 3.60. The summed E-state index contributed by atoms with van der Waals surface area (Å²) in [5.41, 5.74) is 0. The Balaban J connectivity index is 0.00000484. The number of guanidine groups is 1. The standard InChI is InChI=1S/C17H36N4O.HI/c1-5-18-17(19-10-8-12-22-14-15(3)4)20-13-16-9-7-11-21(16)6-2;/h15-16H,5-14H2,1-4H3,(H2,18,19,20);1H. The molecule has 0 radical (unpaired) electrons. The van der Waals surface area contributed by atoms with E-state index in [1.54, 1.807) is 0 Å². The van der Waals surface area contributed by atoms with Crippen molar-refractivity contribution in [2.75, 3.05) is 45.9 Å². The van der Waals surface area contributed by atoms with E-state index < -0.39 is 0 Å². The minimum absolute atomic E-state index is 0. The predicted molar refractivity (Wildman–Crippen MR) is 110 cm³/mol. The van der Waals surface area contributed by atoms with Gasteiger partial charge in [0.15, 0.2) is 5.96 Å². The third kappa shape index (κ3) is 10.4. The molecule has 0 aromatic carbocycles. The van der Waals surface area contributed by atoms with Gasteiger partial charge in [0.05, 0.1) is 6.54 Å². The van der Waals surface area contributed by atoms with Gasteiger partial charge < -0.3 is 15.4 Å². The van der Waals surface area contributed by atoms with Crippen molar-refractivity contribution < 1.29 is 4.74 Å². The van der Waals surface area contributed by atoms with Crippen molar-refractivity contribution in [3.63, 3.8) is 0 Å². The van der Waals surface area contributed by atoms with Gasteiger partial charge in [-0.3, -0.25) is 9.89 Å². The molecule has 138 valence electrons. The molecule has 0 aromatic heterocycles. The van der Waals surface area contributed by atoms with Gasteiger partial charge in [0.25, 0.3) is 0 Å². The number of hydrogen-bond acceptors (Lipinski definition) is 3. The monoisotopic (exact) mass is 440 g/mol. The van der Waals surface area contributed by atoms with Crippen molar-refractivity contribution in [3.05, 3.63) is 0 Å². The second-order valence-corrected chi connectivity index (χ2v) is 6.39. The van der Waals surface area contributed by atoms with E-state index in [1.165, 1.54) is 19.4 Å². The number of nitrogens with one attached hydrogen (secondary N) is 2. The summed E-state index contributed by atoms with van der Waals surface area (Å²) in [6.45, 7) is 15.4. The lowest BCUT2D eigenvalue weighted by Gasteiger charge is -2.21. The quantitative estimate of drug-likeness (QED) is 0.237. The smallest absolute Gasteiger partial charge is 0.191 e. The lowest BCUT2D eigenvalue weighted by molar-refractivity contribution is 0.108. The van der Waals surface area contributed by atoms with Gasteiger partial charge in [-0.1, -0.05) is 20.8 Å². The molecule has 1 saturated heterocycles. The fourth-order valence-electron chi connectivity index (χ4n) is 2.76. The van der Waals surface area contributed by atoms with E-state index >= 15 is 0 Å². The lowest BCUT2D eigenvalue weighted by atomic mass is 10.2. The molecule has 0 bridgehead atoms. The third-order valence-electron chi connectivity index (χ3n) is 3.92. The first-order chi connectivity index (χ1) is 10.7. The minimum atomic E-state index is 0. The first-order valence-corrected chi connectivity index (χ1v) is 9.01. The third-order valence-corrected chi connectivity index (χ3v) is 3.92. The van der Waals surface area contributed by atoms with Crippen LogP contribution >= 0.6 is 24.0 Å². The fraction of sp³-hybridized carbons (Fsp3) is 0.941. The molecule has 1 aliphatic heterocycles. The summed E-state index contributed by atoms with van der Waals surface area (Å²) < 4.78 is 5.60. The number of likely N-dealkylation sites (tertiary alicyclic amines) is 1. The maximum Gasteiger partial charge on any atom is 0.191 e. The Bertz CT molecular complexity index is 313. The topological polar surface area (TPSA) is 48.9 Å². The Labute approximate surface area is 160 Å². The van der Waals surface area contributed by atoms with Gasteiger partial charge in [-0.05, 0) is 45.2 Å². The van der Waals surface area contributed by atoms with Crippen molar-refractivity contribution >= 4 is 29.9 Å². The Kier molecular flexibility index (Phi) is 14.2. The van der Waals surface area contributed by atoms with Crippen molar-refractivity contribution in [1.29, 1.82) is 0 Å². The molecule has 0 amide bonds. The highest BCUT2D eigenvalue weighted by atomic mass is 127. The summed E-state index contributed by atoms with van der Waals surface area (Å²) in [5.74, 6) is 1.55. The second-order valence-electron chi connectivity index (χ2n) is 6.39. The average Bonchev–Trinajstić information content (AvgIpc) is 2.95. The van der Waals surface area contributed by atoms with Crippen molar-refractivity contribution in [2.45, 2.75) is 53.0 Å². The molecular weight excluding hydrogens is 403 g/mol. The maximum atomic E-state index is 5.60. The second kappa shape index (κ2) is 14.3. The highest BCUT2D eigenvalue weighted by Gasteiger charge is 2.22. The Morgan fingerprint density at radius 2 is 2.09 bits per heavy atom. The molecule has 6 heteroatoms. The van der Waals surface area contributed by atoms with Crippen LogP contribution in [-0.2, 0) is 4.74 Å². The number of ether oxygens (including phenoxy) is 1. The number of aliphatic imine (C=N–C) groups is 1. The molecule has 1 aliphatic rings. The molecule has 0 aliphatic carbocycles. The molecule has 1 rings (SSSR count). The molecule has 0 saturated carbocycles. The molecule has 5 nitrogen and oxygen atoms in total. The van der Waals surface area contributed by atoms with Crippen LogP contribution in [0.3, 0.4) is 0 Å². The summed E-state index contributed by atoms with van der Waals surface area (Å²) in [4.78, 5) is 7.29. The van der Waals surface area contributed by atoms with E-state index in [-0.39, 0.29) is 24.0 Å². The highest BCUT2D eigenvalue weighted by Crippen LogP contribution is 2.16. The van der Waals surface area contributed by atoms with E-state index in [9.17, 15) is 0 Å². The Hall–Kier alpha value is -0.0800. The molecule has 1 heterocycles. The number of likely N-dealkylation sites (N-methyl/N-ethyl adjacent to an activating group) is 1. The highest BCUT2D eigenvalue weighted by molar-refractivity contribution is 14.0. The maximum absolute atomic E-state index is 5.60. The fourth-order valence-corrected chi connectivity index (χ4v) is 2.76. The Morgan fingerprint density at radius 3 is 2.74 bits per heavy atom. The van der Waals surface area contributed by atoms with Gasteiger partial charge in [-0.2, -0.15) is 0 Å². The minimum Gasteiger partial charge on any atom is -0.381 e. The normalized spacial score (nSPS) is 19.0. The number of hydrogen-bond donors (Lipinski definition) is 2. The molecule has 23 heavy (non-hydrogen) atoms. The molecule has 1 atom stereocenters. The first-order valence-electron chi connectivity index (χ1n) is 9.01. The number of nitrogens with zero attached hydrogens (tertiary/aromatic N) is 2. The lowest BCUT2D eigenvalue weighted by Crippen LogP contribution is -2.39. The summed E-state index contributed by atoms with van der Waals surface area (Å²) in [7, 11) is 0. The van der Waals surface area contributed by atoms with Crippen LogP contribution in [0.25, 0.3) is 0 Å². The number of rotatable bonds is 10. The van der Waals surface area contributed by atoms with E-state index in [4.69, 9.17) is 9.73 Å². The van der Waals surface area contributed by atoms with Crippen molar-refractivity contribution in [1.82, 2.24) is 15.5 Å². The van der Waals surface area contributed by atoms with Crippen molar-refractivity contribution in [3.8, 4) is 0 Å². The van der Waals surface area contributed by atoms with Gasteiger partial charge in [0.2, 0.25) is 0 Å². The molecule has 0 spiro atoms. The Morgan fingerprint density at radius 1 is 1.30 bits per heavy atom. The predicted octanol–water partition coefficient (Wildman–Crippen LogP) is 2.71. The van der Waals surface area contributed by atoms with Crippen LogP contribution in [0.2, 0.25) is 0 Å². The number of halogens is 1. The zero-order valence-corrected chi connectivity index (χ0v) is 17.8. The zero-order valence-electron chi connectivity index (χ0n) is 15.4. The van der Waals surface area contributed by atoms with E-state index in [1.807, 2.05) is 0 Å². The van der Waals surface area contributed by atoms with Gasteiger partial charge >= 0.3 is 0 Å². The van der Waals surface area contributed by atoms with Crippen LogP contribution in [0.4, 0.5) is 0 Å². The van der Waals surface area contributed by atoms with Crippen LogP contribution in [0.1, 0.15) is 47.0 Å². The summed E-state index contributed by atoms with van der Waals surface area (Å²) >= 11 is 0. The molecular formula is C17H37IN4O. The van der Waals surface area contributed by atoms with Crippen LogP contribution in [0.15, 0.2) is 4.99 Å². The molecule has 1 fully saturated rings. The van der Waals surface area contributed by atoms with E-state index in [2.05, 4.69) is 43.2 Å². The summed E-state index contributed by atoms with van der Waals surface area (Å²) in [5, 5.41) is 6.73. The average molecular weight is 440 g/mol. The van der Waals surface area contributed by atoms with Crippen LogP contribution in [0.5, 0.6) is 0 Å². The van der Waals surface area contributed by atoms with Gasteiger partial charge in [0, 0.05) is 32.3 Å². The van der Waals surface area contributed by atoms with Crippen LogP contribution in [0, 0.1) is 5.92 Å².